The van der Waals surface area contributed by atoms with Gasteiger partial charge in [-0.3, -0.25) is 4.79 Å². The molecule has 0 radical (unpaired) electrons. The molecule has 0 aliphatic heterocycles. The van der Waals surface area contributed by atoms with Crippen molar-refractivity contribution in [3.63, 3.8) is 0 Å². The Hall–Kier alpha value is -1.52. The van der Waals surface area contributed by atoms with Crippen molar-refractivity contribution in [1.82, 2.24) is 0 Å². The lowest BCUT2D eigenvalue weighted by molar-refractivity contribution is -0.114. The predicted octanol–water partition coefficient (Wildman–Crippen LogP) is 4.46. The molecule has 2 N–H and O–H groups in total. The molecule has 1 amide bonds. The van der Waals surface area contributed by atoms with Crippen molar-refractivity contribution in [2.75, 3.05) is 17.2 Å². The van der Waals surface area contributed by atoms with Gasteiger partial charge in [-0.25, -0.2) is 0 Å². The van der Waals surface area contributed by atoms with Crippen LogP contribution in [0.4, 0.5) is 11.4 Å². The van der Waals surface area contributed by atoms with Gasteiger partial charge in [0.25, 0.3) is 0 Å². The molecule has 5 heteroatoms. The van der Waals surface area contributed by atoms with E-state index in [1.165, 1.54) is 0 Å². The molecular weight excluding hydrogens is 340 g/mol. The van der Waals surface area contributed by atoms with Gasteiger partial charge in [-0.2, -0.15) is 0 Å². The summed E-state index contributed by atoms with van der Waals surface area (Å²) in [5, 5.41) is 6.60. The standard InChI is InChI=1S/C15H14BrClN2O/c1-10-12(17)6-4-8-13(10)18-9-15(20)19-14-7-3-2-5-11(14)16/h2-8,18H,9H2,1H3,(H,19,20). The molecule has 2 aromatic rings. The molecule has 0 bridgehead atoms. The minimum absolute atomic E-state index is 0.115. The molecule has 2 rings (SSSR count). The minimum atomic E-state index is -0.115. The number of para-hydroxylation sites is 1. The number of hydrogen-bond donors (Lipinski definition) is 2. The molecule has 0 unspecified atom stereocenters. The molecule has 0 aromatic heterocycles. The van der Waals surface area contributed by atoms with E-state index in [0.717, 1.165) is 21.4 Å². The summed E-state index contributed by atoms with van der Waals surface area (Å²) in [4.78, 5) is 11.9. The Morgan fingerprint density at radius 3 is 2.60 bits per heavy atom. The van der Waals surface area contributed by atoms with Crippen LogP contribution < -0.4 is 10.6 Å². The first-order valence-corrected chi connectivity index (χ1v) is 7.28. The molecule has 0 aliphatic rings. The van der Waals surface area contributed by atoms with E-state index in [4.69, 9.17) is 11.6 Å². The Labute approximate surface area is 131 Å². The summed E-state index contributed by atoms with van der Waals surface area (Å²) in [7, 11) is 0. The van der Waals surface area contributed by atoms with E-state index in [1.807, 2.05) is 49.4 Å². The van der Waals surface area contributed by atoms with Gasteiger partial charge in [0.15, 0.2) is 0 Å². The highest BCUT2D eigenvalue weighted by molar-refractivity contribution is 9.10. The van der Waals surface area contributed by atoms with E-state index < -0.39 is 0 Å². The number of carbonyl (C=O) groups is 1. The molecule has 0 spiro atoms. The van der Waals surface area contributed by atoms with Crippen molar-refractivity contribution in [3.05, 3.63) is 57.5 Å². The van der Waals surface area contributed by atoms with Crippen LogP contribution in [0.15, 0.2) is 46.9 Å². The number of benzene rings is 2. The lowest BCUT2D eigenvalue weighted by Crippen LogP contribution is -2.22. The molecule has 0 atom stereocenters. The SMILES string of the molecule is Cc1c(Cl)cccc1NCC(=O)Nc1ccccc1Br. The van der Waals surface area contributed by atoms with E-state index >= 15 is 0 Å². The van der Waals surface area contributed by atoms with Gasteiger partial charge < -0.3 is 10.6 Å². The zero-order valence-electron chi connectivity index (χ0n) is 10.9. The van der Waals surface area contributed by atoms with Crippen LogP contribution in [0.25, 0.3) is 0 Å². The first-order valence-electron chi connectivity index (χ1n) is 6.11. The van der Waals surface area contributed by atoms with Crippen LogP contribution in [-0.4, -0.2) is 12.5 Å². The van der Waals surface area contributed by atoms with Crippen molar-refractivity contribution >= 4 is 44.8 Å². The van der Waals surface area contributed by atoms with Crippen LogP contribution in [0.2, 0.25) is 5.02 Å². The summed E-state index contributed by atoms with van der Waals surface area (Å²) in [6.45, 7) is 2.10. The van der Waals surface area contributed by atoms with Gasteiger partial charge in [0, 0.05) is 15.2 Å². The zero-order chi connectivity index (χ0) is 14.5. The van der Waals surface area contributed by atoms with E-state index in [0.29, 0.717) is 5.02 Å². The average Bonchev–Trinajstić information content (AvgIpc) is 2.43. The van der Waals surface area contributed by atoms with Crippen molar-refractivity contribution < 1.29 is 4.79 Å². The Kier molecular flexibility index (Phi) is 5.04. The van der Waals surface area contributed by atoms with Crippen LogP contribution in [-0.2, 0) is 4.79 Å². The second-order valence-electron chi connectivity index (χ2n) is 4.29. The smallest absolute Gasteiger partial charge is 0.243 e. The van der Waals surface area contributed by atoms with Crippen molar-refractivity contribution in [1.29, 1.82) is 0 Å². The summed E-state index contributed by atoms with van der Waals surface area (Å²) in [6.07, 6.45) is 0. The quantitative estimate of drug-likeness (QED) is 0.852. The summed E-state index contributed by atoms with van der Waals surface area (Å²) in [5.74, 6) is -0.115. The average molecular weight is 354 g/mol. The minimum Gasteiger partial charge on any atom is -0.376 e. The van der Waals surface area contributed by atoms with Crippen molar-refractivity contribution in [2.24, 2.45) is 0 Å². The number of nitrogens with one attached hydrogen (secondary N) is 2. The zero-order valence-corrected chi connectivity index (χ0v) is 13.3. The summed E-state index contributed by atoms with van der Waals surface area (Å²) < 4.78 is 0.854. The number of carbonyl (C=O) groups excluding carboxylic acids is 1. The largest absolute Gasteiger partial charge is 0.376 e. The van der Waals surface area contributed by atoms with Crippen LogP contribution in [0, 0.1) is 6.92 Å². The maximum absolute atomic E-state index is 11.9. The molecule has 3 nitrogen and oxygen atoms in total. The molecule has 20 heavy (non-hydrogen) atoms. The van der Waals surface area contributed by atoms with Gasteiger partial charge in [-0.1, -0.05) is 29.8 Å². The van der Waals surface area contributed by atoms with Gasteiger partial charge in [-0.05, 0) is 52.7 Å². The van der Waals surface area contributed by atoms with E-state index in [9.17, 15) is 4.79 Å². The van der Waals surface area contributed by atoms with Crippen LogP contribution in [0.3, 0.4) is 0 Å². The Morgan fingerprint density at radius 1 is 1.15 bits per heavy atom. The molecule has 0 aliphatic carbocycles. The number of amides is 1. The third kappa shape index (κ3) is 3.74. The highest BCUT2D eigenvalue weighted by Crippen LogP contribution is 2.23. The molecule has 104 valence electrons. The van der Waals surface area contributed by atoms with Crippen LogP contribution in [0.5, 0.6) is 0 Å². The Balaban J connectivity index is 1.96. The second-order valence-corrected chi connectivity index (χ2v) is 5.56. The normalized spacial score (nSPS) is 10.2. The molecule has 0 heterocycles. The lowest BCUT2D eigenvalue weighted by Gasteiger charge is -2.11. The third-order valence-corrected chi connectivity index (χ3v) is 3.96. The highest BCUT2D eigenvalue weighted by atomic mass is 79.9. The monoisotopic (exact) mass is 352 g/mol. The fourth-order valence-electron chi connectivity index (χ4n) is 1.73. The van der Waals surface area contributed by atoms with Crippen LogP contribution in [0.1, 0.15) is 5.56 Å². The first-order chi connectivity index (χ1) is 9.58. The van der Waals surface area contributed by atoms with Gasteiger partial charge in [-0.15, -0.1) is 0 Å². The number of rotatable bonds is 4. The maximum Gasteiger partial charge on any atom is 0.243 e. The fourth-order valence-corrected chi connectivity index (χ4v) is 2.29. The van der Waals surface area contributed by atoms with Crippen LogP contribution >= 0.6 is 27.5 Å². The lowest BCUT2D eigenvalue weighted by atomic mass is 10.2. The third-order valence-electron chi connectivity index (χ3n) is 2.86. The summed E-state index contributed by atoms with van der Waals surface area (Å²) >= 11 is 9.42. The molecule has 0 fully saturated rings. The van der Waals surface area contributed by atoms with Gasteiger partial charge in [0.1, 0.15) is 0 Å². The molecule has 0 saturated carbocycles. The molecular formula is C15H14BrClN2O. The van der Waals surface area contributed by atoms with Crippen molar-refractivity contribution in [3.8, 4) is 0 Å². The Morgan fingerprint density at radius 2 is 1.85 bits per heavy atom. The van der Waals surface area contributed by atoms with Crippen molar-refractivity contribution in [2.45, 2.75) is 6.92 Å². The maximum atomic E-state index is 11.9. The van der Waals surface area contributed by atoms with Gasteiger partial charge >= 0.3 is 0 Å². The van der Waals surface area contributed by atoms with E-state index in [2.05, 4.69) is 26.6 Å². The molecule has 2 aromatic carbocycles. The van der Waals surface area contributed by atoms with Gasteiger partial charge in [0.05, 0.1) is 12.2 Å². The highest BCUT2D eigenvalue weighted by Gasteiger charge is 2.06. The molecule has 0 saturated heterocycles. The second kappa shape index (κ2) is 6.77. The topological polar surface area (TPSA) is 41.1 Å². The Bertz CT molecular complexity index is 631. The first kappa shape index (κ1) is 14.9. The van der Waals surface area contributed by atoms with E-state index in [1.54, 1.807) is 0 Å². The summed E-state index contributed by atoms with van der Waals surface area (Å²) in [6, 6.07) is 13.1. The summed E-state index contributed by atoms with van der Waals surface area (Å²) in [5.41, 5.74) is 2.55. The van der Waals surface area contributed by atoms with E-state index in [-0.39, 0.29) is 12.5 Å². The predicted molar refractivity (Wildman–Crippen MR) is 87.5 cm³/mol. The fraction of sp³-hybridized carbons (Fsp3) is 0.133. The number of anilines is 2. The van der Waals surface area contributed by atoms with Gasteiger partial charge in [0.2, 0.25) is 5.91 Å². The number of hydrogen-bond acceptors (Lipinski definition) is 2. The number of halogens is 2.